The molecule has 2 rings (SSSR count). The molecule has 2 N–H and O–H groups in total. The largest absolute Gasteiger partial charge is 0.396 e. The summed E-state index contributed by atoms with van der Waals surface area (Å²) in [5.41, 5.74) is 2.19. The summed E-state index contributed by atoms with van der Waals surface area (Å²) in [5.74, 6) is 0.203. The van der Waals surface area contributed by atoms with Gasteiger partial charge in [-0.3, -0.25) is 0 Å². The molecule has 2 atom stereocenters. The number of benzene rings is 1. The van der Waals surface area contributed by atoms with E-state index in [-0.39, 0.29) is 12.4 Å². The Morgan fingerprint density at radius 1 is 1.45 bits per heavy atom. The van der Waals surface area contributed by atoms with Crippen molar-refractivity contribution in [2.75, 3.05) is 24.6 Å². The third-order valence-corrected chi connectivity index (χ3v) is 4.16. The van der Waals surface area contributed by atoms with Crippen molar-refractivity contribution < 1.29 is 14.6 Å². The van der Waals surface area contributed by atoms with Crippen LogP contribution in [0, 0.1) is 18.7 Å². The van der Waals surface area contributed by atoms with E-state index >= 15 is 0 Å². The summed E-state index contributed by atoms with van der Waals surface area (Å²) < 4.78 is 13.7. The van der Waals surface area contributed by atoms with E-state index in [2.05, 4.69) is 4.90 Å². The van der Waals surface area contributed by atoms with Gasteiger partial charge < -0.3 is 15.1 Å². The zero-order chi connectivity index (χ0) is 14.7. The van der Waals surface area contributed by atoms with Crippen molar-refractivity contribution in [3.63, 3.8) is 0 Å². The lowest BCUT2D eigenvalue weighted by Crippen LogP contribution is -2.36. The number of piperidine rings is 1. The maximum atomic E-state index is 13.7. The maximum absolute atomic E-state index is 13.7. The van der Waals surface area contributed by atoms with Crippen LogP contribution in [0.2, 0.25) is 0 Å². The first-order valence-electron chi connectivity index (χ1n) is 7.36. The van der Waals surface area contributed by atoms with Crippen LogP contribution >= 0.6 is 0 Å². The fourth-order valence-electron chi connectivity index (χ4n) is 2.99. The summed E-state index contributed by atoms with van der Waals surface area (Å²) in [5, 5.41) is 19.0. The Morgan fingerprint density at radius 3 is 2.85 bits per heavy atom. The van der Waals surface area contributed by atoms with E-state index in [1.807, 2.05) is 6.07 Å². The van der Waals surface area contributed by atoms with Crippen LogP contribution < -0.4 is 4.90 Å². The maximum Gasteiger partial charge on any atom is 0.126 e. The third-order valence-electron chi connectivity index (χ3n) is 4.16. The van der Waals surface area contributed by atoms with E-state index in [4.69, 9.17) is 5.11 Å². The molecule has 4 heteroatoms. The van der Waals surface area contributed by atoms with Gasteiger partial charge in [0.1, 0.15) is 5.82 Å². The molecule has 0 aliphatic carbocycles. The molecule has 0 saturated carbocycles. The molecule has 1 aliphatic heterocycles. The highest BCUT2D eigenvalue weighted by Crippen LogP contribution is 2.32. The Hall–Kier alpha value is -1.13. The first-order chi connectivity index (χ1) is 9.52. The molecule has 20 heavy (non-hydrogen) atoms. The minimum atomic E-state index is -0.682. The van der Waals surface area contributed by atoms with Gasteiger partial charge in [0, 0.05) is 30.9 Å². The van der Waals surface area contributed by atoms with Gasteiger partial charge in [0.05, 0.1) is 6.10 Å². The highest BCUT2D eigenvalue weighted by atomic mass is 19.1. The highest BCUT2D eigenvalue weighted by Gasteiger charge is 2.23. The molecule has 0 aromatic heterocycles. The molecule has 1 fully saturated rings. The van der Waals surface area contributed by atoms with Crippen molar-refractivity contribution in [1.29, 1.82) is 0 Å². The van der Waals surface area contributed by atoms with Gasteiger partial charge in [-0.1, -0.05) is 0 Å². The molecule has 1 unspecified atom stereocenters. The number of anilines is 1. The summed E-state index contributed by atoms with van der Waals surface area (Å²) >= 11 is 0. The summed E-state index contributed by atoms with van der Waals surface area (Å²) in [7, 11) is 0. The van der Waals surface area contributed by atoms with Crippen LogP contribution in [0.1, 0.15) is 43.4 Å². The molecule has 1 aliphatic rings. The van der Waals surface area contributed by atoms with E-state index in [9.17, 15) is 9.50 Å². The number of halogens is 1. The third kappa shape index (κ3) is 3.30. The van der Waals surface area contributed by atoms with Crippen molar-refractivity contribution in [2.24, 2.45) is 5.92 Å². The van der Waals surface area contributed by atoms with Crippen LogP contribution in [-0.4, -0.2) is 29.9 Å². The van der Waals surface area contributed by atoms with Crippen molar-refractivity contribution in [2.45, 2.75) is 39.2 Å². The number of hydrogen-bond acceptors (Lipinski definition) is 3. The van der Waals surface area contributed by atoms with E-state index in [0.29, 0.717) is 17.0 Å². The smallest absolute Gasteiger partial charge is 0.126 e. The average Bonchev–Trinajstić information content (AvgIpc) is 2.42. The molecule has 1 aromatic rings. The second-order valence-electron chi connectivity index (χ2n) is 5.80. The predicted molar refractivity (Wildman–Crippen MR) is 78.4 cm³/mol. The Morgan fingerprint density at radius 2 is 2.20 bits per heavy atom. The number of aryl methyl sites for hydroxylation is 1. The second kappa shape index (κ2) is 6.55. The quantitative estimate of drug-likeness (QED) is 0.892. The van der Waals surface area contributed by atoms with Gasteiger partial charge in [0.2, 0.25) is 0 Å². The summed E-state index contributed by atoms with van der Waals surface area (Å²) in [6, 6.07) is 3.28. The van der Waals surface area contributed by atoms with Crippen molar-refractivity contribution >= 4 is 5.69 Å². The van der Waals surface area contributed by atoms with Crippen LogP contribution in [0.25, 0.3) is 0 Å². The SMILES string of the molecule is Cc1cc(N2CCCC(CCO)C2)c([C@@H](C)O)cc1F. The summed E-state index contributed by atoms with van der Waals surface area (Å²) in [6.45, 7) is 5.42. The van der Waals surface area contributed by atoms with Gasteiger partial charge in [-0.15, -0.1) is 0 Å². The lowest BCUT2D eigenvalue weighted by atomic mass is 9.93. The molecular formula is C16H24FNO2. The molecular weight excluding hydrogens is 257 g/mol. The molecule has 0 bridgehead atoms. The van der Waals surface area contributed by atoms with Gasteiger partial charge in [-0.25, -0.2) is 4.39 Å². The molecule has 3 nitrogen and oxygen atoms in total. The lowest BCUT2D eigenvalue weighted by molar-refractivity contribution is 0.198. The van der Waals surface area contributed by atoms with Crippen LogP contribution in [0.4, 0.5) is 10.1 Å². The normalized spacial score (nSPS) is 21.1. The standard InChI is InChI=1S/C16H24FNO2/c1-11-8-16(14(12(2)20)9-15(11)17)18-6-3-4-13(10-18)5-7-19/h8-9,12-13,19-20H,3-7,10H2,1-2H3/t12-,13?/m1/s1. The molecule has 1 aromatic carbocycles. The Bertz CT molecular complexity index is 460. The van der Waals surface area contributed by atoms with Crippen LogP contribution in [0.3, 0.4) is 0 Å². The van der Waals surface area contributed by atoms with Crippen LogP contribution in [0.5, 0.6) is 0 Å². The minimum absolute atomic E-state index is 0.213. The van der Waals surface area contributed by atoms with E-state index < -0.39 is 6.10 Å². The number of aliphatic hydroxyl groups excluding tert-OH is 2. The fraction of sp³-hybridized carbons (Fsp3) is 0.625. The van der Waals surface area contributed by atoms with Gasteiger partial charge >= 0.3 is 0 Å². The first kappa shape index (κ1) is 15.3. The van der Waals surface area contributed by atoms with E-state index in [1.54, 1.807) is 13.8 Å². The van der Waals surface area contributed by atoms with E-state index in [1.165, 1.54) is 6.07 Å². The minimum Gasteiger partial charge on any atom is -0.396 e. The Kier molecular flexibility index (Phi) is 5.00. The van der Waals surface area contributed by atoms with Gasteiger partial charge in [-0.05, 0) is 56.7 Å². The zero-order valence-electron chi connectivity index (χ0n) is 12.3. The number of nitrogens with zero attached hydrogens (tertiary/aromatic N) is 1. The van der Waals surface area contributed by atoms with Gasteiger partial charge in [-0.2, -0.15) is 0 Å². The van der Waals surface area contributed by atoms with E-state index in [0.717, 1.165) is 38.0 Å². The van der Waals surface area contributed by atoms with Crippen molar-refractivity contribution in [3.8, 4) is 0 Å². The fourth-order valence-corrected chi connectivity index (χ4v) is 2.99. The first-order valence-corrected chi connectivity index (χ1v) is 7.36. The number of hydrogen-bond donors (Lipinski definition) is 2. The van der Waals surface area contributed by atoms with Gasteiger partial charge in [0.15, 0.2) is 0 Å². The van der Waals surface area contributed by atoms with Crippen molar-refractivity contribution in [3.05, 3.63) is 29.1 Å². The monoisotopic (exact) mass is 281 g/mol. The number of aliphatic hydroxyl groups is 2. The average molecular weight is 281 g/mol. The summed E-state index contributed by atoms with van der Waals surface area (Å²) in [4.78, 5) is 2.22. The zero-order valence-corrected chi connectivity index (χ0v) is 12.3. The second-order valence-corrected chi connectivity index (χ2v) is 5.80. The lowest BCUT2D eigenvalue weighted by Gasteiger charge is -2.36. The summed E-state index contributed by atoms with van der Waals surface area (Å²) in [6.07, 6.45) is 2.32. The molecule has 0 radical (unpaired) electrons. The molecule has 0 spiro atoms. The number of rotatable bonds is 4. The molecule has 1 heterocycles. The van der Waals surface area contributed by atoms with Crippen LogP contribution in [-0.2, 0) is 0 Å². The molecule has 0 amide bonds. The predicted octanol–water partition coefficient (Wildman–Crippen LogP) is 2.79. The topological polar surface area (TPSA) is 43.7 Å². The molecule has 1 saturated heterocycles. The Balaban J connectivity index is 2.28. The Labute approximate surface area is 120 Å². The van der Waals surface area contributed by atoms with Gasteiger partial charge in [0.25, 0.3) is 0 Å². The van der Waals surface area contributed by atoms with Crippen LogP contribution in [0.15, 0.2) is 12.1 Å². The highest BCUT2D eigenvalue weighted by molar-refractivity contribution is 5.57. The van der Waals surface area contributed by atoms with Crippen molar-refractivity contribution in [1.82, 2.24) is 0 Å². The molecule has 112 valence electrons.